The molecule has 32 heavy (non-hydrogen) atoms. The zero-order chi connectivity index (χ0) is 22.4. The van der Waals surface area contributed by atoms with Gasteiger partial charge in [0.2, 0.25) is 0 Å². The second kappa shape index (κ2) is 13.2. The Morgan fingerprint density at radius 1 is 1.06 bits per heavy atom. The van der Waals surface area contributed by atoms with Gasteiger partial charge in [-0.2, -0.15) is 0 Å². The molecule has 0 N–H and O–H groups in total. The van der Waals surface area contributed by atoms with Crippen molar-refractivity contribution in [3.8, 4) is 5.75 Å². The standard InChI is InChI=1S/C26H30I2O3.ClH/c1-4-7-11-23-24(19-10-8-9-12-22(19)31-23)25(29)18-15-20(27)26(21(28)16-18)30-14-13-17(5-2)6-3;/h8-10,12,15-17H,4-7,11,13-14H2,1-3H3;1H/p-1. The van der Waals surface area contributed by atoms with Crippen LogP contribution in [0.3, 0.4) is 0 Å². The van der Waals surface area contributed by atoms with Crippen molar-refractivity contribution < 1.29 is 26.4 Å². The topological polar surface area (TPSA) is 39.4 Å². The lowest BCUT2D eigenvalue weighted by Crippen LogP contribution is -3.00. The fourth-order valence-corrected chi connectivity index (χ4v) is 5.94. The lowest BCUT2D eigenvalue weighted by molar-refractivity contribution is -0.0000147. The van der Waals surface area contributed by atoms with E-state index in [1.807, 2.05) is 36.4 Å². The molecule has 0 saturated carbocycles. The van der Waals surface area contributed by atoms with E-state index in [1.54, 1.807) is 0 Å². The van der Waals surface area contributed by atoms with Crippen molar-refractivity contribution in [3.05, 3.63) is 60.4 Å². The first-order valence-electron chi connectivity index (χ1n) is 11.2. The van der Waals surface area contributed by atoms with E-state index in [9.17, 15) is 4.79 Å². The Morgan fingerprint density at radius 3 is 2.34 bits per heavy atom. The third-order valence-electron chi connectivity index (χ3n) is 5.84. The van der Waals surface area contributed by atoms with Crippen LogP contribution in [-0.4, -0.2) is 12.4 Å². The molecule has 3 nitrogen and oxygen atoms in total. The van der Waals surface area contributed by atoms with Crippen LogP contribution in [0.5, 0.6) is 5.75 Å². The third-order valence-corrected chi connectivity index (χ3v) is 7.44. The Morgan fingerprint density at radius 2 is 1.72 bits per heavy atom. The van der Waals surface area contributed by atoms with E-state index in [1.165, 1.54) is 12.8 Å². The summed E-state index contributed by atoms with van der Waals surface area (Å²) >= 11 is 4.56. The Kier molecular flexibility index (Phi) is 11.3. The fraction of sp³-hybridized carbons (Fsp3) is 0.423. The van der Waals surface area contributed by atoms with Crippen LogP contribution in [0.2, 0.25) is 0 Å². The summed E-state index contributed by atoms with van der Waals surface area (Å²) in [7, 11) is 0. The van der Waals surface area contributed by atoms with Gasteiger partial charge >= 0.3 is 0 Å². The minimum absolute atomic E-state index is 0. The predicted octanol–water partition coefficient (Wildman–Crippen LogP) is 5.42. The van der Waals surface area contributed by atoms with Crippen LogP contribution in [0.15, 0.2) is 40.8 Å². The number of carbonyl (C=O) groups excluding carboxylic acids is 1. The molecule has 3 rings (SSSR count). The minimum Gasteiger partial charge on any atom is -1.00 e. The number of ether oxygens (including phenoxy) is 1. The molecule has 0 aliphatic heterocycles. The van der Waals surface area contributed by atoms with Crippen molar-refractivity contribution in [1.29, 1.82) is 0 Å². The molecular weight excluding hydrogens is 650 g/mol. The molecule has 0 aliphatic carbocycles. The molecular formula is C26H30ClI2O3-. The van der Waals surface area contributed by atoms with Gasteiger partial charge in [0.15, 0.2) is 5.78 Å². The summed E-state index contributed by atoms with van der Waals surface area (Å²) in [6, 6.07) is 11.7. The summed E-state index contributed by atoms with van der Waals surface area (Å²) < 4.78 is 14.1. The van der Waals surface area contributed by atoms with Crippen LogP contribution in [0.1, 0.15) is 74.6 Å². The van der Waals surface area contributed by atoms with Gasteiger partial charge in [0, 0.05) is 17.4 Å². The number of rotatable bonds is 11. The number of para-hydroxylation sites is 1. The van der Waals surface area contributed by atoms with Crippen molar-refractivity contribution in [2.75, 3.05) is 6.61 Å². The highest BCUT2D eigenvalue weighted by molar-refractivity contribution is 14.1. The van der Waals surface area contributed by atoms with Crippen molar-refractivity contribution in [2.45, 2.75) is 59.3 Å². The maximum Gasteiger partial charge on any atom is 0.197 e. The Balaban J connectivity index is 0.00000363. The van der Waals surface area contributed by atoms with E-state index in [0.717, 1.165) is 55.3 Å². The van der Waals surface area contributed by atoms with Crippen LogP contribution >= 0.6 is 45.2 Å². The van der Waals surface area contributed by atoms with Gasteiger partial charge in [-0.1, -0.05) is 58.2 Å². The number of hydrogen-bond acceptors (Lipinski definition) is 3. The molecule has 0 fully saturated rings. The molecule has 1 heterocycles. The van der Waals surface area contributed by atoms with Crippen LogP contribution in [0.25, 0.3) is 11.0 Å². The molecule has 0 spiro atoms. The number of fused-ring (bicyclic) bond motifs is 1. The average Bonchev–Trinajstić information content (AvgIpc) is 3.14. The smallest absolute Gasteiger partial charge is 0.197 e. The molecule has 6 heteroatoms. The first-order valence-corrected chi connectivity index (χ1v) is 13.3. The SMILES string of the molecule is CCCCc1oc2ccccc2c1C(=O)c1cc(I)c(OCCC(CC)CC)c(I)c1.[Cl-]. The highest BCUT2D eigenvalue weighted by atomic mass is 127. The number of furan rings is 1. The molecule has 3 aromatic rings. The van der Waals surface area contributed by atoms with Crippen molar-refractivity contribution in [3.63, 3.8) is 0 Å². The summed E-state index contributed by atoms with van der Waals surface area (Å²) in [5.41, 5.74) is 2.17. The van der Waals surface area contributed by atoms with E-state index in [4.69, 9.17) is 9.15 Å². The number of halogens is 3. The highest BCUT2D eigenvalue weighted by Crippen LogP contribution is 2.33. The fourth-order valence-electron chi connectivity index (χ4n) is 3.86. The zero-order valence-electron chi connectivity index (χ0n) is 18.8. The molecule has 0 bridgehead atoms. The Labute approximate surface area is 224 Å². The average molecular weight is 680 g/mol. The van der Waals surface area contributed by atoms with Crippen LogP contribution in [0.4, 0.5) is 0 Å². The summed E-state index contributed by atoms with van der Waals surface area (Å²) in [5, 5.41) is 0.897. The molecule has 2 aromatic carbocycles. The van der Waals surface area contributed by atoms with Gasteiger partial charge < -0.3 is 21.6 Å². The normalized spacial score (nSPS) is 11.1. The summed E-state index contributed by atoms with van der Waals surface area (Å²) in [5.74, 6) is 2.40. The van der Waals surface area contributed by atoms with Crippen LogP contribution in [-0.2, 0) is 6.42 Å². The van der Waals surface area contributed by atoms with Gasteiger partial charge in [0.25, 0.3) is 0 Å². The van der Waals surface area contributed by atoms with Crippen LogP contribution < -0.4 is 17.1 Å². The largest absolute Gasteiger partial charge is 1.00 e. The van der Waals surface area contributed by atoms with Gasteiger partial charge in [-0.3, -0.25) is 4.79 Å². The first-order chi connectivity index (χ1) is 15.0. The lowest BCUT2D eigenvalue weighted by atomic mass is 9.98. The first kappa shape index (κ1) is 27.4. The Bertz CT molecular complexity index is 1020. The molecule has 0 unspecified atom stereocenters. The van der Waals surface area contributed by atoms with E-state index >= 15 is 0 Å². The minimum atomic E-state index is 0. The van der Waals surface area contributed by atoms with Crippen molar-refractivity contribution in [1.82, 2.24) is 0 Å². The second-order valence-electron chi connectivity index (χ2n) is 7.92. The van der Waals surface area contributed by atoms with Crippen LogP contribution in [0, 0.1) is 13.1 Å². The van der Waals surface area contributed by atoms with Gasteiger partial charge in [-0.15, -0.1) is 0 Å². The van der Waals surface area contributed by atoms with Gasteiger partial charge in [0.05, 0.1) is 19.3 Å². The Hall–Kier alpha value is -0.800. The summed E-state index contributed by atoms with van der Waals surface area (Å²) in [6.45, 7) is 7.32. The van der Waals surface area contributed by atoms with Crippen molar-refractivity contribution >= 4 is 61.9 Å². The molecule has 0 aliphatic rings. The number of aryl methyl sites for hydroxylation is 1. The molecule has 0 amide bonds. The highest BCUT2D eigenvalue weighted by Gasteiger charge is 2.23. The van der Waals surface area contributed by atoms with Gasteiger partial charge in [-0.05, 0) is 82.1 Å². The van der Waals surface area contributed by atoms with E-state index in [0.29, 0.717) is 23.7 Å². The maximum absolute atomic E-state index is 13.6. The maximum atomic E-state index is 13.6. The van der Waals surface area contributed by atoms with Gasteiger partial charge in [0.1, 0.15) is 17.1 Å². The monoisotopic (exact) mass is 679 g/mol. The molecule has 174 valence electrons. The lowest BCUT2D eigenvalue weighted by Gasteiger charge is -2.15. The van der Waals surface area contributed by atoms with E-state index < -0.39 is 0 Å². The number of benzene rings is 2. The van der Waals surface area contributed by atoms with E-state index in [2.05, 4.69) is 66.0 Å². The second-order valence-corrected chi connectivity index (χ2v) is 10.2. The summed E-state index contributed by atoms with van der Waals surface area (Å²) in [4.78, 5) is 13.6. The number of hydrogen-bond donors (Lipinski definition) is 0. The van der Waals surface area contributed by atoms with Gasteiger partial charge in [-0.25, -0.2) is 0 Å². The van der Waals surface area contributed by atoms with Crippen molar-refractivity contribution in [2.24, 2.45) is 5.92 Å². The quantitative estimate of drug-likeness (QED) is 0.201. The van der Waals surface area contributed by atoms with E-state index in [-0.39, 0.29) is 18.2 Å². The molecule has 0 radical (unpaired) electrons. The molecule has 0 saturated heterocycles. The third kappa shape index (κ3) is 6.41. The molecule has 0 atom stereocenters. The summed E-state index contributed by atoms with van der Waals surface area (Å²) in [6.07, 6.45) is 6.25. The zero-order valence-corrected chi connectivity index (χ0v) is 23.9. The number of ketones is 1. The predicted molar refractivity (Wildman–Crippen MR) is 144 cm³/mol. The number of unbranched alkanes of at least 4 members (excludes halogenated alkanes) is 1. The number of carbonyl (C=O) groups is 1. The molecule has 1 aromatic heterocycles.